The second-order valence-corrected chi connectivity index (χ2v) is 5.45. The first-order valence-electron chi connectivity index (χ1n) is 7.10. The third-order valence-electron chi connectivity index (χ3n) is 4.05. The molecule has 0 atom stereocenters. The van der Waals surface area contributed by atoms with Gasteiger partial charge in [0.25, 0.3) is 0 Å². The predicted molar refractivity (Wildman–Crippen MR) is 76.0 cm³/mol. The first kappa shape index (κ1) is 13.1. The second kappa shape index (κ2) is 5.25. The zero-order chi connectivity index (χ0) is 14.1. The number of rotatable bonds is 4. The number of carboxylic acid groups (broad SMARTS) is 1. The monoisotopic (exact) mass is 273 g/mol. The summed E-state index contributed by atoms with van der Waals surface area (Å²) < 4.78 is 1.89. The van der Waals surface area contributed by atoms with E-state index in [9.17, 15) is 9.90 Å². The first-order chi connectivity index (χ1) is 9.66. The van der Waals surface area contributed by atoms with Crippen molar-refractivity contribution in [1.82, 2.24) is 14.7 Å². The van der Waals surface area contributed by atoms with Crippen LogP contribution in [0.2, 0.25) is 0 Å². The smallest absolute Gasteiger partial charge is 0.356 e. The van der Waals surface area contributed by atoms with Gasteiger partial charge in [-0.05, 0) is 31.4 Å². The number of aromatic nitrogens is 2. The molecule has 3 rings (SSSR count). The molecule has 5 nitrogen and oxygen atoms in total. The summed E-state index contributed by atoms with van der Waals surface area (Å²) in [5.74, 6) is -0.197. The van der Waals surface area contributed by atoms with E-state index in [1.165, 1.54) is 25.7 Å². The van der Waals surface area contributed by atoms with Crippen molar-refractivity contribution in [2.24, 2.45) is 0 Å². The van der Waals surface area contributed by atoms with Crippen LogP contribution in [-0.2, 0) is 6.54 Å². The van der Waals surface area contributed by atoms with E-state index in [0.29, 0.717) is 18.1 Å². The normalized spacial score (nSPS) is 16.1. The fourth-order valence-electron chi connectivity index (χ4n) is 3.01. The van der Waals surface area contributed by atoms with Crippen molar-refractivity contribution in [1.29, 1.82) is 0 Å². The van der Waals surface area contributed by atoms with Gasteiger partial charge in [0.2, 0.25) is 0 Å². The Morgan fingerprint density at radius 3 is 2.95 bits per heavy atom. The molecular weight excluding hydrogens is 254 g/mol. The summed E-state index contributed by atoms with van der Waals surface area (Å²) in [6, 6.07) is 4.38. The van der Waals surface area contributed by atoms with Crippen LogP contribution < -0.4 is 5.32 Å². The lowest BCUT2D eigenvalue weighted by atomic mass is 10.2. The lowest BCUT2D eigenvalue weighted by Gasteiger charge is -2.10. The lowest BCUT2D eigenvalue weighted by molar-refractivity contribution is 0.0693. The topological polar surface area (TPSA) is 66.6 Å². The van der Waals surface area contributed by atoms with Gasteiger partial charge in [-0.1, -0.05) is 18.9 Å². The lowest BCUT2D eigenvalue weighted by Crippen LogP contribution is -2.26. The number of hydrogen-bond acceptors (Lipinski definition) is 3. The maximum Gasteiger partial charge on any atom is 0.356 e. The largest absolute Gasteiger partial charge is 0.476 e. The Balaban J connectivity index is 1.94. The number of hydrogen-bond donors (Lipinski definition) is 2. The Morgan fingerprint density at radius 2 is 2.25 bits per heavy atom. The molecule has 1 aliphatic carbocycles. The van der Waals surface area contributed by atoms with Gasteiger partial charge < -0.3 is 14.8 Å². The average molecular weight is 273 g/mol. The zero-order valence-electron chi connectivity index (χ0n) is 11.6. The minimum atomic E-state index is -0.969. The molecule has 0 radical (unpaired) electrons. The Morgan fingerprint density at radius 1 is 1.50 bits per heavy atom. The van der Waals surface area contributed by atoms with Crippen LogP contribution in [-0.4, -0.2) is 26.5 Å². The molecule has 106 valence electrons. The number of pyridine rings is 1. The van der Waals surface area contributed by atoms with Gasteiger partial charge in [-0.25, -0.2) is 9.78 Å². The van der Waals surface area contributed by atoms with Crippen molar-refractivity contribution in [2.45, 2.75) is 45.2 Å². The maximum absolute atomic E-state index is 11.3. The zero-order valence-corrected chi connectivity index (χ0v) is 11.6. The van der Waals surface area contributed by atoms with Crippen LogP contribution in [0.4, 0.5) is 0 Å². The van der Waals surface area contributed by atoms with Gasteiger partial charge in [0.15, 0.2) is 5.69 Å². The van der Waals surface area contributed by atoms with E-state index < -0.39 is 5.97 Å². The van der Waals surface area contributed by atoms with Crippen molar-refractivity contribution in [3.63, 3.8) is 0 Å². The van der Waals surface area contributed by atoms with E-state index in [-0.39, 0.29) is 5.69 Å². The van der Waals surface area contributed by atoms with Crippen LogP contribution in [0.25, 0.3) is 5.52 Å². The van der Waals surface area contributed by atoms with Crippen molar-refractivity contribution >= 4 is 11.5 Å². The molecule has 1 fully saturated rings. The maximum atomic E-state index is 11.3. The summed E-state index contributed by atoms with van der Waals surface area (Å²) in [5, 5.41) is 12.8. The van der Waals surface area contributed by atoms with Crippen molar-refractivity contribution in [3.05, 3.63) is 35.4 Å². The van der Waals surface area contributed by atoms with Gasteiger partial charge in [0, 0.05) is 12.2 Å². The van der Waals surface area contributed by atoms with E-state index in [1.54, 1.807) is 0 Å². The number of fused-ring (bicyclic) bond motifs is 1. The molecule has 0 aromatic carbocycles. The molecule has 0 bridgehead atoms. The molecule has 0 aliphatic heterocycles. The molecule has 2 aromatic heterocycles. The van der Waals surface area contributed by atoms with Crippen LogP contribution in [0, 0.1) is 6.92 Å². The highest BCUT2D eigenvalue weighted by Gasteiger charge is 2.19. The Labute approximate surface area is 117 Å². The molecule has 1 saturated carbocycles. The molecule has 20 heavy (non-hydrogen) atoms. The van der Waals surface area contributed by atoms with Gasteiger partial charge in [0.1, 0.15) is 5.82 Å². The first-order valence-corrected chi connectivity index (χ1v) is 7.10. The summed E-state index contributed by atoms with van der Waals surface area (Å²) in [6.07, 6.45) is 6.84. The van der Waals surface area contributed by atoms with Gasteiger partial charge in [-0.2, -0.15) is 0 Å². The molecular formula is C15H19N3O2. The van der Waals surface area contributed by atoms with E-state index >= 15 is 0 Å². The minimum Gasteiger partial charge on any atom is -0.476 e. The number of aryl methyl sites for hydroxylation is 1. The van der Waals surface area contributed by atoms with Gasteiger partial charge in [0.05, 0.1) is 12.1 Å². The van der Waals surface area contributed by atoms with Crippen LogP contribution in [0.1, 0.15) is 47.6 Å². The van der Waals surface area contributed by atoms with Gasteiger partial charge in [-0.15, -0.1) is 0 Å². The second-order valence-electron chi connectivity index (χ2n) is 5.45. The number of carbonyl (C=O) groups is 1. The van der Waals surface area contributed by atoms with Crippen molar-refractivity contribution < 1.29 is 9.90 Å². The molecule has 1 aliphatic rings. The third-order valence-corrected chi connectivity index (χ3v) is 4.05. The minimum absolute atomic E-state index is 0.145. The molecule has 5 heteroatoms. The average Bonchev–Trinajstić information content (AvgIpc) is 3.04. The Hall–Kier alpha value is -1.88. The van der Waals surface area contributed by atoms with E-state index in [1.807, 2.05) is 29.7 Å². The van der Waals surface area contributed by atoms with Crippen LogP contribution in [0.3, 0.4) is 0 Å². The Bertz CT molecular complexity index is 642. The number of nitrogens with zero attached hydrogens (tertiary/aromatic N) is 2. The van der Waals surface area contributed by atoms with Gasteiger partial charge >= 0.3 is 5.97 Å². The fourth-order valence-corrected chi connectivity index (χ4v) is 3.01. The van der Waals surface area contributed by atoms with Gasteiger partial charge in [-0.3, -0.25) is 0 Å². The molecule has 2 heterocycles. The van der Waals surface area contributed by atoms with E-state index in [4.69, 9.17) is 0 Å². The molecule has 2 N–H and O–H groups in total. The molecule has 0 spiro atoms. The highest BCUT2D eigenvalue weighted by molar-refractivity contribution is 5.94. The van der Waals surface area contributed by atoms with Crippen LogP contribution in [0.5, 0.6) is 0 Å². The summed E-state index contributed by atoms with van der Waals surface area (Å²) in [7, 11) is 0. The number of aromatic carboxylic acids is 1. The van der Waals surface area contributed by atoms with Crippen LogP contribution in [0.15, 0.2) is 18.3 Å². The Kier molecular flexibility index (Phi) is 3.44. The summed E-state index contributed by atoms with van der Waals surface area (Å²) in [5.41, 5.74) is 1.78. The molecule has 2 aromatic rings. The third kappa shape index (κ3) is 2.29. The summed E-state index contributed by atoms with van der Waals surface area (Å²) in [4.78, 5) is 15.7. The molecule has 0 amide bonds. The van der Waals surface area contributed by atoms with Crippen molar-refractivity contribution in [2.75, 3.05) is 0 Å². The number of nitrogens with one attached hydrogen (secondary N) is 1. The molecule has 0 unspecified atom stereocenters. The number of imidazole rings is 1. The summed E-state index contributed by atoms with van der Waals surface area (Å²) in [6.45, 7) is 2.53. The standard InChI is InChI=1S/C15H19N3O2/c1-10-5-4-8-18-12(9-16-11-6-2-3-7-11)17-13(14(10)18)15(19)20/h4-5,8,11,16H,2-3,6-7,9H2,1H3,(H,19,20). The highest BCUT2D eigenvalue weighted by atomic mass is 16.4. The van der Waals surface area contributed by atoms with E-state index in [0.717, 1.165) is 11.4 Å². The predicted octanol–water partition coefficient (Wildman–Crippen LogP) is 2.37. The fraction of sp³-hybridized carbons (Fsp3) is 0.467. The molecule has 0 saturated heterocycles. The van der Waals surface area contributed by atoms with Crippen LogP contribution >= 0.6 is 0 Å². The number of carboxylic acids is 1. The highest BCUT2D eigenvalue weighted by Crippen LogP contribution is 2.20. The van der Waals surface area contributed by atoms with Crippen molar-refractivity contribution in [3.8, 4) is 0 Å². The quantitative estimate of drug-likeness (QED) is 0.897. The summed E-state index contributed by atoms with van der Waals surface area (Å²) >= 11 is 0. The SMILES string of the molecule is Cc1cccn2c(CNC3CCCC3)nc(C(=O)O)c12. The van der Waals surface area contributed by atoms with E-state index in [2.05, 4.69) is 10.3 Å².